The highest BCUT2D eigenvalue weighted by molar-refractivity contribution is 7.89. The number of rotatable bonds is 4. The number of hydrogen-bond acceptors (Lipinski definition) is 3. The van der Waals surface area contributed by atoms with Gasteiger partial charge >= 0.3 is 0 Å². The van der Waals surface area contributed by atoms with Gasteiger partial charge in [0.2, 0.25) is 10.0 Å². The summed E-state index contributed by atoms with van der Waals surface area (Å²) >= 11 is 0. The maximum absolute atomic E-state index is 13.9. The number of hydrogen-bond donors (Lipinski definition) is 2. The van der Waals surface area contributed by atoms with Crippen molar-refractivity contribution in [3.05, 3.63) is 29.1 Å². The summed E-state index contributed by atoms with van der Waals surface area (Å²) in [6, 6.07) is 1.97. The van der Waals surface area contributed by atoms with Crippen molar-refractivity contribution in [3.63, 3.8) is 0 Å². The summed E-state index contributed by atoms with van der Waals surface area (Å²) in [6.45, 7) is 6.87. The molecule has 5 nitrogen and oxygen atoms in total. The van der Waals surface area contributed by atoms with Gasteiger partial charge in [0, 0.05) is 5.54 Å². The first kappa shape index (κ1) is 16.6. The molecule has 0 saturated carbocycles. The topological polar surface area (TPSA) is 89.3 Å². The molecule has 7 heteroatoms. The fraction of sp³-hybridized carbons (Fsp3) is 0.462. The van der Waals surface area contributed by atoms with Crippen LogP contribution in [-0.4, -0.2) is 19.9 Å². The zero-order valence-electron chi connectivity index (χ0n) is 12.0. The van der Waals surface area contributed by atoms with Crippen molar-refractivity contribution in [2.75, 3.05) is 0 Å². The number of nitrogens with one attached hydrogen (secondary N) is 1. The summed E-state index contributed by atoms with van der Waals surface area (Å²) in [5, 5.41) is 7.69. The van der Waals surface area contributed by atoms with E-state index < -0.39 is 27.3 Å². The standard InChI is InChI=1S/C13H19FN2O3S/c1-5-13(3,4)16-12(17)9-7-11(20(15,18)19)8(2)6-10(9)14/h6-7H,5H2,1-4H3,(H,16,17)(H2,15,18,19). The molecule has 0 saturated heterocycles. The van der Waals surface area contributed by atoms with Crippen LogP contribution in [0.25, 0.3) is 0 Å². The average molecular weight is 302 g/mol. The number of carbonyl (C=O) groups is 1. The van der Waals surface area contributed by atoms with Crippen molar-refractivity contribution in [2.24, 2.45) is 5.14 Å². The lowest BCUT2D eigenvalue weighted by Gasteiger charge is -2.24. The van der Waals surface area contributed by atoms with E-state index in [2.05, 4.69) is 5.32 Å². The quantitative estimate of drug-likeness (QED) is 0.887. The van der Waals surface area contributed by atoms with Crippen LogP contribution in [0.1, 0.15) is 43.1 Å². The predicted molar refractivity (Wildman–Crippen MR) is 74.3 cm³/mol. The Hall–Kier alpha value is -1.47. The van der Waals surface area contributed by atoms with Gasteiger partial charge in [-0.05, 0) is 44.9 Å². The van der Waals surface area contributed by atoms with E-state index in [9.17, 15) is 17.6 Å². The molecule has 0 aliphatic heterocycles. The Bertz CT molecular complexity index is 639. The summed E-state index contributed by atoms with van der Waals surface area (Å²) in [5.74, 6) is -1.45. The molecular formula is C13H19FN2O3S. The molecule has 0 aromatic heterocycles. The van der Waals surface area contributed by atoms with Crippen molar-refractivity contribution in [1.82, 2.24) is 5.32 Å². The summed E-state index contributed by atoms with van der Waals surface area (Å²) in [4.78, 5) is 11.8. The van der Waals surface area contributed by atoms with E-state index >= 15 is 0 Å². The Morgan fingerprint density at radius 1 is 1.40 bits per heavy atom. The third-order valence-electron chi connectivity index (χ3n) is 3.15. The van der Waals surface area contributed by atoms with Gasteiger partial charge in [-0.2, -0.15) is 0 Å². The van der Waals surface area contributed by atoms with Crippen LogP contribution in [0, 0.1) is 12.7 Å². The zero-order valence-corrected chi connectivity index (χ0v) is 12.8. The fourth-order valence-corrected chi connectivity index (χ4v) is 2.39. The van der Waals surface area contributed by atoms with E-state index in [1.54, 1.807) is 13.8 Å². The van der Waals surface area contributed by atoms with Crippen LogP contribution in [0.2, 0.25) is 0 Å². The second-order valence-corrected chi connectivity index (χ2v) is 6.86. The molecule has 0 radical (unpaired) electrons. The maximum Gasteiger partial charge on any atom is 0.254 e. The lowest BCUT2D eigenvalue weighted by Crippen LogP contribution is -2.43. The highest BCUT2D eigenvalue weighted by atomic mass is 32.2. The second-order valence-electron chi connectivity index (χ2n) is 5.33. The number of sulfonamides is 1. The highest BCUT2D eigenvalue weighted by Crippen LogP contribution is 2.20. The van der Waals surface area contributed by atoms with Crippen LogP contribution in [0.15, 0.2) is 17.0 Å². The molecule has 0 aliphatic rings. The van der Waals surface area contributed by atoms with Crippen LogP contribution < -0.4 is 10.5 Å². The Morgan fingerprint density at radius 3 is 2.40 bits per heavy atom. The van der Waals surface area contributed by atoms with E-state index in [0.717, 1.165) is 12.1 Å². The monoisotopic (exact) mass is 302 g/mol. The van der Waals surface area contributed by atoms with Gasteiger partial charge in [-0.1, -0.05) is 6.92 Å². The molecule has 20 heavy (non-hydrogen) atoms. The number of amides is 1. The summed E-state index contributed by atoms with van der Waals surface area (Å²) < 4.78 is 36.7. The van der Waals surface area contributed by atoms with Gasteiger partial charge in [-0.15, -0.1) is 0 Å². The molecule has 0 unspecified atom stereocenters. The van der Waals surface area contributed by atoms with Crippen molar-refractivity contribution in [2.45, 2.75) is 44.6 Å². The number of aryl methyl sites for hydroxylation is 1. The van der Waals surface area contributed by atoms with Crippen LogP contribution in [0.4, 0.5) is 4.39 Å². The highest BCUT2D eigenvalue weighted by Gasteiger charge is 2.23. The van der Waals surface area contributed by atoms with Gasteiger partial charge < -0.3 is 5.32 Å². The lowest BCUT2D eigenvalue weighted by molar-refractivity contribution is 0.0907. The van der Waals surface area contributed by atoms with Crippen molar-refractivity contribution in [1.29, 1.82) is 0 Å². The van der Waals surface area contributed by atoms with Crippen molar-refractivity contribution >= 4 is 15.9 Å². The van der Waals surface area contributed by atoms with Crippen LogP contribution in [-0.2, 0) is 10.0 Å². The fourth-order valence-electron chi connectivity index (χ4n) is 1.60. The third-order valence-corrected chi connectivity index (χ3v) is 4.20. The Kier molecular flexibility index (Phi) is 4.55. The molecule has 0 aliphatic carbocycles. The molecular weight excluding hydrogens is 283 g/mol. The van der Waals surface area contributed by atoms with Gasteiger partial charge in [0.15, 0.2) is 0 Å². The Labute approximate surface area is 118 Å². The molecule has 1 amide bonds. The summed E-state index contributed by atoms with van der Waals surface area (Å²) in [5.41, 5.74) is -0.687. The minimum atomic E-state index is -4.00. The largest absolute Gasteiger partial charge is 0.347 e. The first-order chi connectivity index (χ1) is 8.98. The van der Waals surface area contributed by atoms with Crippen LogP contribution in [0.3, 0.4) is 0 Å². The maximum atomic E-state index is 13.9. The van der Waals surface area contributed by atoms with E-state index in [-0.39, 0.29) is 16.0 Å². The average Bonchev–Trinajstić information content (AvgIpc) is 2.26. The van der Waals surface area contributed by atoms with E-state index in [4.69, 9.17) is 5.14 Å². The predicted octanol–water partition coefficient (Wildman–Crippen LogP) is 1.70. The molecule has 0 heterocycles. The molecule has 1 aromatic carbocycles. The Morgan fingerprint density at radius 2 is 1.95 bits per heavy atom. The van der Waals surface area contributed by atoms with Gasteiger partial charge in [-0.25, -0.2) is 17.9 Å². The molecule has 112 valence electrons. The number of primary sulfonamides is 1. The molecule has 0 atom stereocenters. The van der Waals surface area contributed by atoms with E-state index in [1.807, 2.05) is 6.92 Å². The molecule has 1 rings (SSSR count). The van der Waals surface area contributed by atoms with Gasteiger partial charge in [-0.3, -0.25) is 4.79 Å². The first-order valence-electron chi connectivity index (χ1n) is 6.13. The Balaban J connectivity index is 3.30. The lowest BCUT2D eigenvalue weighted by atomic mass is 10.0. The minimum absolute atomic E-state index is 0.163. The molecule has 0 fully saturated rings. The van der Waals surface area contributed by atoms with Crippen molar-refractivity contribution < 1.29 is 17.6 Å². The first-order valence-corrected chi connectivity index (χ1v) is 7.68. The molecule has 0 spiro atoms. The number of nitrogens with two attached hydrogens (primary N) is 1. The normalized spacial score (nSPS) is 12.3. The molecule has 0 bridgehead atoms. The number of carbonyl (C=O) groups excluding carboxylic acids is 1. The van der Waals surface area contributed by atoms with Gasteiger partial charge in [0.05, 0.1) is 10.5 Å². The van der Waals surface area contributed by atoms with E-state index in [0.29, 0.717) is 6.42 Å². The second kappa shape index (κ2) is 5.49. The summed E-state index contributed by atoms with van der Waals surface area (Å²) in [7, 11) is -4.00. The number of benzene rings is 1. The third kappa shape index (κ3) is 3.77. The molecule has 1 aromatic rings. The number of halogens is 1. The van der Waals surface area contributed by atoms with E-state index in [1.165, 1.54) is 6.92 Å². The SMILES string of the molecule is CCC(C)(C)NC(=O)c1cc(S(N)(=O)=O)c(C)cc1F. The summed E-state index contributed by atoms with van der Waals surface area (Å²) in [6.07, 6.45) is 0.647. The van der Waals surface area contributed by atoms with Crippen LogP contribution >= 0.6 is 0 Å². The molecule has 3 N–H and O–H groups in total. The van der Waals surface area contributed by atoms with Gasteiger partial charge in [0.1, 0.15) is 5.82 Å². The minimum Gasteiger partial charge on any atom is -0.347 e. The zero-order chi connectivity index (χ0) is 15.7. The smallest absolute Gasteiger partial charge is 0.254 e. The van der Waals surface area contributed by atoms with Crippen LogP contribution in [0.5, 0.6) is 0 Å². The van der Waals surface area contributed by atoms with Gasteiger partial charge in [0.25, 0.3) is 5.91 Å². The van der Waals surface area contributed by atoms with Crippen molar-refractivity contribution in [3.8, 4) is 0 Å².